The predicted octanol–water partition coefficient (Wildman–Crippen LogP) is 1.81. The van der Waals surface area contributed by atoms with E-state index in [1.807, 2.05) is 0 Å². The lowest BCUT2D eigenvalue weighted by atomic mass is 10.0. The molecule has 0 saturated carbocycles. The maximum absolute atomic E-state index is 13.7. The molecule has 0 aromatic heterocycles. The van der Waals surface area contributed by atoms with E-state index in [4.69, 9.17) is 0 Å². The fraction of sp³-hybridized carbons (Fsp3) is 0.467. The number of carbonyl (C=O) groups excluding carboxylic acids is 2. The van der Waals surface area contributed by atoms with Crippen molar-refractivity contribution >= 4 is 11.9 Å². The summed E-state index contributed by atoms with van der Waals surface area (Å²) in [7, 11) is 0. The largest absolute Gasteiger partial charge is 0.386 e. The molecule has 2 fully saturated rings. The second kappa shape index (κ2) is 5.64. The Balaban J connectivity index is 1.81. The first-order chi connectivity index (χ1) is 10.5. The van der Waals surface area contributed by atoms with Crippen molar-refractivity contribution < 1.29 is 23.5 Å². The highest BCUT2D eigenvalue weighted by molar-refractivity contribution is 6.04. The SMILES string of the molecule is O=C1C2CCCCN2C(=O)N1CC(O)c1c(F)cccc1F. The van der Waals surface area contributed by atoms with Crippen LogP contribution in [-0.2, 0) is 4.79 Å². The number of rotatable bonds is 3. The summed E-state index contributed by atoms with van der Waals surface area (Å²) in [6.07, 6.45) is 0.688. The number of amides is 3. The lowest BCUT2D eigenvalue weighted by molar-refractivity contribution is -0.129. The maximum atomic E-state index is 13.7. The van der Waals surface area contributed by atoms with Gasteiger partial charge in [-0.05, 0) is 31.4 Å². The van der Waals surface area contributed by atoms with Gasteiger partial charge < -0.3 is 10.0 Å². The van der Waals surface area contributed by atoms with E-state index in [0.29, 0.717) is 13.0 Å². The van der Waals surface area contributed by atoms with Gasteiger partial charge in [-0.1, -0.05) is 6.07 Å². The van der Waals surface area contributed by atoms with E-state index in [9.17, 15) is 23.5 Å². The average molecular weight is 310 g/mol. The number of imide groups is 1. The minimum absolute atomic E-state index is 0.402. The number of aliphatic hydroxyl groups is 1. The molecule has 1 aromatic rings. The molecule has 7 heteroatoms. The van der Waals surface area contributed by atoms with Crippen LogP contribution in [0.3, 0.4) is 0 Å². The third-order valence-electron chi connectivity index (χ3n) is 4.22. The summed E-state index contributed by atoms with van der Waals surface area (Å²) in [6.45, 7) is 0.0540. The van der Waals surface area contributed by atoms with Crippen molar-refractivity contribution in [2.24, 2.45) is 0 Å². The number of benzene rings is 1. The average Bonchev–Trinajstić information content (AvgIpc) is 2.73. The van der Waals surface area contributed by atoms with Gasteiger partial charge in [0.05, 0.1) is 12.1 Å². The van der Waals surface area contributed by atoms with Crippen molar-refractivity contribution in [3.05, 3.63) is 35.4 Å². The number of urea groups is 1. The third-order valence-corrected chi connectivity index (χ3v) is 4.22. The molecule has 2 atom stereocenters. The van der Waals surface area contributed by atoms with Crippen LogP contribution in [0, 0.1) is 11.6 Å². The summed E-state index contributed by atoms with van der Waals surface area (Å²) in [5.74, 6) is -2.20. The Morgan fingerprint density at radius 1 is 1.23 bits per heavy atom. The number of fused-ring (bicyclic) bond motifs is 1. The number of β-amino-alcohol motifs (C(OH)–C–C–N with tert-alkyl or cyclic N) is 1. The summed E-state index contributed by atoms with van der Waals surface area (Å²) in [4.78, 5) is 26.8. The van der Waals surface area contributed by atoms with E-state index in [1.54, 1.807) is 0 Å². The van der Waals surface area contributed by atoms with Gasteiger partial charge in [-0.3, -0.25) is 9.69 Å². The first kappa shape index (κ1) is 14.9. The van der Waals surface area contributed by atoms with Crippen LogP contribution in [0.25, 0.3) is 0 Å². The van der Waals surface area contributed by atoms with Gasteiger partial charge in [0, 0.05) is 6.54 Å². The van der Waals surface area contributed by atoms with Crippen molar-refractivity contribution in [2.75, 3.05) is 13.1 Å². The molecule has 3 rings (SSSR count). The van der Waals surface area contributed by atoms with E-state index >= 15 is 0 Å². The highest BCUT2D eigenvalue weighted by Gasteiger charge is 2.46. The van der Waals surface area contributed by atoms with Crippen molar-refractivity contribution in [1.82, 2.24) is 9.80 Å². The first-order valence-corrected chi connectivity index (χ1v) is 7.24. The fourth-order valence-electron chi connectivity index (χ4n) is 3.11. The minimum atomic E-state index is -1.59. The van der Waals surface area contributed by atoms with Crippen LogP contribution in [0.1, 0.15) is 30.9 Å². The zero-order valence-electron chi connectivity index (χ0n) is 11.8. The molecule has 2 saturated heterocycles. The summed E-state index contributed by atoms with van der Waals surface area (Å²) in [5, 5.41) is 10.1. The summed E-state index contributed by atoms with van der Waals surface area (Å²) >= 11 is 0. The zero-order valence-corrected chi connectivity index (χ0v) is 11.8. The van der Waals surface area contributed by atoms with Gasteiger partial charge in [0.25, 0.3) is 5.91 Å². The molecule has 0 bridgehead atoms. The molecule has 0 spiro atoms. The minimum Gasteiger partial charge on any atom is -0.386 e. The van der Waals surface area contributed by atoms with Gasteiger partial charge in [0.2, 0.25) is 0 Å². The smallest absolute Gasteiger partial charge is 0.327 e. The fourth-order valence-corrected chi connectivity index (χ4v) is 3.11. The van der Waals surface area contributed by atoms with Gasteiger partial charge in [-0.2, -0.15) is 0 Å². The number of halogens is 2. The Bertz CT molecular complexity index is 579. The number of aliphatic hydroxyl groups excluding tert-OH is 1. The van der Waals surface area contributed by atoms with Gasteiger partial charge in [0.1, 0.15) is 23.8 Å². The molecular formula is C15H16F2N2O3. The molecule has 22 heavy (non-hydrogen) atoms. The van der Waals surface area contributed by atoms with E-state index in [-0.39, 0.29) is 0 Å². The maximum Gasteiger partial charge on any atom is 0.327 e. The number of nitrogens with zero attached hydrogens (tertiary/aromatic N) is 2. The Labute approximate surface area is 126 Å². The Kier molecular flexibility index (Phi) is 3.82. The predicted molar refractivity (Wildman–Crippen MR) is 72.8 cm³/mol. The molecule has 3 amide bonds. The number of carbonyl (C=O) groups is 2. The molecule has 0 aliphatic carbocycles. The molecule has 2 unspecified atom stereocenters. The molecule has 5 nitrogen and oxygen atoms in total. The van der Waals surface area contributed by atoms with E-state index in [2.05, 4.69) is 0 Å². The topological polar surface area (TPSA) is 60.9 Å². The molecule has 1 aromatic carbocycles. The van der Waals surface area contributed by atoms with Gasteiger partial charge in [-0.15, -0.1) is 0 Å². The standard InChI is InChI=1S/C15H16F2N2O3/c16-9-4-3-5-10(17)13(9)12(20)8-19-14(21)11-6-1-2-7-18(11)15(19)22/h3-5,11-12,20H,1-2,6-8H2. The normalized spacial score (nSPS) is 23.0. The van der Waals surface area contributed by atoms with Crippen LogP contribution >= 0.6 is 0 Å². The molecule has 0 radical (unpaired) electrons. The third kappa shape index (κ3) is 2.35. The molecule has 2 heterocycles. The monoisotopic (exact) mass is 310 g/mol. The second-order valence-electron chi connectivity index (χ2n) is 5.59. The Morgan fingerprint density at radius 2 is 1.91 bits per heavy atom. The Hall–Kier alpha value is -2.02. The molecule has 118 valence electrons. The molecule has 2 aliphatic heterocycles. The van der Waals surface area contributed by atoms with Gasteiger partial charge in [-0.25, -0.2) is 13.6 Å². The van der Waals surface area contributed by atoms with Crippen LogP contribution in [0.2, 0.25) is 0 Å². The van der Waals surface area contributed by atoms with Gasteiger partial charge in [0.15, 0.2) is 0 Å². The van der Waals surface area contributed by atoms with E-state index < -0.39 is 47.8 Å². The Morgan fingerprint density at radius 3 is 2.55 bits per heavy atom. The van der Waals surface area contributed by atoms with Crippen LogP contribution in [0.5, 0.6) is 0 Å². The van der Waals surface area contributed by atoms with Crippen LogP contribution in [0.4, 0.5) is 13.6 Å². The van der Waals surface area contributed by atoms with Crippen molar-refractivity contribution in [3.8, 4) is 0 Å². The highest BCUT2D eigenvalue weighted by atomic mass is 19.1. The molecular weight excluding hydrogens is 294 g/mol. The number of piperidine rings is 1. The number of hydrogen-bond acceptors (Lipinski definition) is 3. The molecule has 2 aliphatic rings. The number of hydrogen-bond donors (Lipinski definition) is 1. The van der Waals surface area contributed by atoms with Crippen LogP contribution in [0.15, 0.2) is 18.2 Å². The highest BCUT2D eigenvalue weighted by Crippen LogP contribution is 2.29. The lowest BCUT2D eigenvalue weighted by Gasteiger charge is -2.26. The lowest BCUT2D eigenvalue weighted by Crippen LogP contribution is -2.39. The quantitative estimate of drug-likeness (QED) is 0.866. The zero-order chi connectivity index (χ0) is 15.9. The van der Waals surface area contributed by atoms with Gasteiger partial charge >= 0.3 is 6.03 Å². The first-order valence-electron chi connectivity index (χ1n) is 7.24. The summed E-state index contributed by atoms with van der Waals surface area (Å²) < 4.78 is 27.3. The van der Waals surface area contributed by atoms with Crippen molar-refractivity contribution in [1.29, 1.82) is 0 Å². The van der Waals surface area contributed by atoms with E-state index in [0.717, 1.165) is 29.9 Å². The van der Waals surface area contributed by atoms with Crippen molar-refractivity contribution in [3.63, 3.8) is 0 Å². The summed E-state index contributed by atoms with van der Waals surface area (Å²) in [6, 6.07) is 2.24. The van der Waals surface area contributed by atoms with E-state index in [1.165, 1.54) is 11.0 Å². The molecule has 1 N–H and O–H groups in total. The summed E-state index contributed by atoms with van der Waals surface area (Å²) in [5.41, 5.74) is -0.520. The second-order valence-corrected chi connectivity index (χ2v) is 5.59. The van der Waals surface area contributed by atoms with Crippen LogP contribution < -0.4 is 0 Å². The van der Waals surface area contributed by atoms with Crippen molar-refractivity contribution in [2.45, 2.75) is 31.4 Å². The van der Waals surface area contributed by atoms with Crippen LogP contribution in [-0.4, -0.2) is 46.0 Å².